The third-order valence-corrected chi connectivity index (χ3v) is 3.25. The van der Waals surface area contributed by atoms with Crippen LogP contribution in [-0.4, -0.2) is 33.5 Å². The number of amides is 1. The molecular weight excluding hydrogens is 318 g/mol. The molecule has 0 saturated heterocycles. The molecule has 0 fully saturated rings. The molecule has 0 saturated carbocycles. The molecule has 6 nitrogen and oxygen atoms in total. The van der Waals surface area contributed by atoms with Crippen LogP contribution < -0.4 is 4.90 Å². The highest BCUT2D eigenvalue weighted by Crippen LogP contribution is 2.22. The van der Waals surface area contributed by atoms with Crippen molar-refractivity contribution in [3.05, 3.63) is 65.7 Å². The molecule has 1 heterocycles. The zero-order valence-corrected chi connectivity index (χ0v) is 12.9. The van der Waals surface area contributed by atoms with Crippen LogP contribution in [0.1, 0.15) is 16.1 Å². The van der Waals surface area contributed by atoms with Crippen LogP contribution in [0.4, 0.5) is 10.5 Å². The van der Waals surface area contributed by atoms with E-state index in [4.69, 9.17) is 11.6 Å². The number of hydrogen-bond donors (Lipinski definition) is 1. The van der Waals surface area contributed by atoms with E-state index in [1.165, 1.54) is 12.3 Å². The molecule has 23 heavy (non-hydrogen) atoms. The molecule has 1 aromatic carbocycles. The van der Waals surface area contributed by atoms with Gasteiger partial charge in [0.2, 0.25) is 5.28 Å². The Labute approximate surface area is 138 Å². The van der Waals surface area contributed by atoms with E-state index in [1.54, 1.807) is 30.3 Å². The van der Waals surface area contributed by atoms with Gasteiger partial charge in [-0.25, -0.2) is 14.8 Å². The normalized spacial score (nSPS) is 10.1. The van der Waals surface area contributed by atoms with Gasteiger partial charge in [0.05, 0.1) is 17.8 Å². The van der Waals surface area contributed by atoms with Crippen molar-refractivity contribution < 1.29 is 14.7 Å². The first-order valence-corrected chi connectivity index (χ1v) is 7.11. The monoisotopic (exact) mass is 331 g/mol. The van der Waals surface area contributed by atoms with Gasteiger partial charge < -0.3 is 5.11 Å². The Hall–Kier alpha value is -2.73. The first kappa shape index (κ1) is 16.6. The van der Waals surface area contributed by atoms with Crippen molar-refractivity contribution >= 4 is 29.2 Å². The molecule has 1 aromatic heterocycles. The summed E-state index contributed by atoms with van der Waals surface area (Å²) in [5, 5.41) is 9.38. The quantitative estimate of drug-likeness (QED) is 0.499. The van der Waals surface area contributed by atoms with Gasteiger partial charge >= 0.3 is 6.09 Å². The van der Waals surface area contributed by atoms with Crippen LogP contribution in [0.2, 0.25) is 5.28 Å². The lowest BCUT2D eigenvalue weighted by Crippen LogP contribution is -2.30. The summed E-state index contributed by atoms with van der Waals surface area (Å²) in [5.74, 6) is -0.259. The van der Waals surface area contributed by atoms with Crippen LogP contribution in [0.3, 0.4) is 0 Å². The molecule has 0 spiro atoms. The van der Waals surface area contributed by atoms with Crippen LogP contribution in [0.15, 0.2) is 49.2 Å². The predicted octanol–water partition coefficient (Wildman–Crippen LogP) is 3.23. The van der Waals surface area contributed by atoms with Gasteiger partial charge in [0.25, 0.3) is 0 Å². The highest BCUT2D eigenvalue weighted by Gasteiger charge is 2.20. The molecule has 1 amide bonds. The van der Waals surface area contributed by atoms with E-state index in [0.717, 1.165) is 4.90 Å². The molecule has 0 aliphatic carbocycles. The van der Waals surface area contributed by atoms with Crippen LogP contribution in [0.25, 0.3) is 0 Å². The van der Waals surface area contributed by atoms with Gasteiger partial charge in [0.15, 0.2) is 5.78 Å². The second-order valence-electron chi connectivity index (χ2n) is 4.62. The molecule has 0 unspecified atom stereocenters. The van der Waals surface area contributed by atoms with Crippen molar-refractivity contribution in [3.63, 3.8) is 0 Å². The van der Waals surface area contributed by atoms with E-state index in [1.807, 2.05) is 0 Å². The summed E-state index contributed by atoms with van der Waals surface area (Å²) in [5.41, 5.74) is 1.08. The number of ketones is 1. The first-order chi connectivity index (χ1) is 11.0. The van der Waals surface area contributed by atoms with Gasteiger partial charge in [-0.2, -0.15) is 0 Å². The van der Waals surface area contributed by atoms with Crippen LogP contribution in [0.5, 0.6) is 0 Å². The summed E-state index contributed by atoms with van der Waals surface area (Å²) in [4.78, 5) is 32.7. The van der Waals surface area contributed by atoms with E-state index in [-0.39, 0.29) is 24.0 Å². The van der Waals surface area contributed by atoms with Gasteiger partial charge in [-0.15, -0.1) is 6.58 Å². The number of benzene rings is 1. The van der Waals surface area contributed by atoms with Gasteiger partial charge in [-0.05, 0) is 29.8 Å². The fraction of sp³-hybridized carbons (Fsp3) is 0.125. The van der Waals surface area contributed by atoms with E-state index in [0.29, 0.717) is 16.9 Å². The van der Waals surface area contributed by atoms with Gasteiger partial charge in [0.1, 0.15) is 0 Å². The smallest absolute Gasteiger partial charge is 0.412 e. The highest BCUT2D eigenvalue weighted by molar-refractivity contribution is 6.28. The number of halogens is 1. The number of Topliss-reactive ketones (excluding diaryl/α,β-unsaturated/α-hetero) is 1. The van der Waals surface area contributed by atoms with Gasteiger partial charge in [0, 0.05) is 18.3 Å². The Kier molecular flexibility index (Phi) is 5.43. The Morgan fingerprint density at radius 1 is 1.30 bits per heavy atom. The minimum absolute atomic E-state index is 0.000795. The average Bonchev–Trinajstić information content (AvgIpc) is 2.52. The number of rotatable bonds is 6. The Bertz CT molecular complexity index is 749. The summed E-state index contributed by atoms with van der Waals surface area (Å²) < 4.78 is 0. The number of anilines is 1. The Balaban J connectivity index is 2.33. The van der Waals surface area contributed by atoms with Crippen LogP contribution in [-0.2, 0) is 6.42 Å². The topological polar surface area (TPSA) is 83.4 Å². The fourth-order valence-corrected chi connectivity index (χ4v) is 2.25. The molecule has 0 aliphatic rings. The molecule has 7 heteroatoms. The molecule has 0 aliphatic heterocycles. The van der Waals surface area contributed by atoms with Crippen molar-refractivity contribution in [3.8, 4) is 0 Å². The van der Waals surface area contributed by atoms with E-state index in [9.17, 15) is 14.7 Å². The SMILES string of the molecule is C=CCN(C(=O)O)c1ccccc1C(=O)Cc1ccnc(Cl)n1. The van der Waals surface area contributed by atoms with Crippen molar-refractivity contribution in [2.45, 2.75) is 6.42 Å². The standard InChI is InChI=1S/C16H14ClN3O3/c1-2-9-20(16(22)23)13-6-4-3-5-12(13)14(21)10-11-7-8-18-15(17)19-11/h2-8H,1,9-10H2,(H,22,23). The summed E-state index contributed by atoms with van der Waals surface area (Å²) in [7, 11) is 0. The molecule has 1 N–H and O–H groups in total. The third kappa shape index (κ3) is 4.14. The lowest BCUT2D eigenvalue weighted by molar-refractivity contribution is 0.0992. The lowest BCUT2D eigenvalue weighted by Gasteiger charge is -2.20. The molecular formula is C16H14ClN3O3. The van der Waals surface area contributed by atoms with Crippen LogP contribution >= 0.6 is 11.6 Å². The van der Waals surface area contributed by atoms with E-state index in [2.05, 4.69) is 16.5 Å². The number of nitrogens with zero attached hydrogens (tertiary/aromatic N) is 3. The van der Waals surface area contributed by atoms with Gasteiger partial charge in [-0.1, -0.05) is 18.2 Å². The van der Waals surface area contributed by atoms with Crippen molar-refractivity contribution in [1.29, 1.82) is 0 Å². The van der Waals surface area contributed by atoms with Crippen molar-refractivity contribution in [2.24, 2.45) is 0 Å². The largest absolute Gasteiger partial charge is 0.465 e. The van der Waals surface area contributed by atoms with E-state index >= 15 is 0 Å². The molecule has 2 aromatic rings. The number of hydrogen-bond acceptors (Lipinski definition) is 4. The fourth-order valence-electron chi connectivity index (χ4n) is 2.08. The number of para-hydroxylation sites is 1. The van der Waals surface area contributed by atoms with Crippen LogP contribution in [0, 0.1) is 0 Å². The maximum absolute atomic E-state index is 12.5. The Morgan fingerprint density at radius 3 is 2.70 bits per heavy atom. The number of aromatic nitrogens is 2. The number of carbonyl (C=O) groups excluding carboxylic acids is 1. The third-order valence-electron chi connectivity index (χ3n) is 3.06. The molecule has 118 valence electrons. The van der Waals surface area contributed by atoms with E-state index < -0.39 is 6.09 Å². The minimum atomic E-state index is -1.16. The maximum Gasteiger partial charge on any atom is 0.412 e. The lowest BCUT2D eigenvalue weighted by atomic mass is 10.0. The van der Waals surface area contributed by atoms with Crippen molar-refractivity contribution in [1.82, 2.24) is 9.97 Å². The summed E-state index contributed by atoms with van der Waals surface area (Å²) >= 11 is 5.71. The summed E-state index contributed by atoms with van der Waals surface area (Å²) in [6, 6.07) is 8.10. The Morgan fingerprint density at radius 2 is 2.04 bits per heavy atom. The first-order valence-electron chi connectivity index (χ1n) is 6.74. The maximum atomic E-state index is 12.5. The number of carboxylic acid groups (broad SMARTS) is 1. The second kappa shape index (κ2) is 7.51. The summed E-state index contributed by atoms with van der Waals surface area (Å²) in [6.45, 7) is 3.62. The van der Waals surface area contributed by atoms with Crippen molar-refractivity contribution in [2.75, 3.05) is 11.4 Å². The molecule has 2 rings (SSSR count). The average molecular weight is 332 g/mol. The number of carbonyl (C=O) groups is 2. The molecule has 0 bridgehead atoms. The minimum Gasteiger partial charge on any atom is -0.465 e. The zero-order valence-electron chi connectivity index (χ0n) is 12.1. The summed E-state index contributed by atoms with van der Waals surface area (Å²) in [6.07, 6.45) is 1.76. The predicted molar refractivity (Wildman–Crippen MR) is 87.1 cm³/mol. The molecule has 0 atom stereocenters. The zero-order chi connectivity index (χ0) is 16.8. The second-order valence-corrected chi connectivity index (χ2v) is 4.95. The highest BCUT2D eigenvalue weighted by atomic mass is 35.5. The molecule has 0 radical (unpaired) electrons. The van der Waals surface area contributed by atoms with Gasteiger partial charge in [-0.3, -0.25) is 9.69 Å².